The molecule has 0 spiro atoms. The van der Waals surface area contributed by atoms with Gasteiger partial charge in [0.25, 0.3) is 5.91 Å². The number of likely N-dealkylation sites (tertiary alicyclic amines) is 2. The maximum absolute atomic E-state index is 13.2. The molecule has 3 saturated heterocycles. The van der Waals surface area contributed by atoms with Crippen molar-refractivity contribution in [3.05, 3.63) is 16.1 Å². The van der Waals surface area contributed by atoms with Crippen molar-refractivity contribution in [3.63, 3.8) is 0 Å². The second kappa shape index (κ2) is 7.63. The van der Waals surface area contributed by atoms with Crippen LogP contribution in [0.4, 0.5) is 0 Å². The van der Waals surface area contributed by atoms with Crippen molar-refractivity contribution < 1.29 is 18.0 Å². The average Bonchev–Trinajstić information content (AvgIpc) is 3.37. The molecule has 3 aliphatic heterocycles. The van der Waals surface area contributed by atoms with E-state index in [1.807, 2.05) is 13.8 Å². The molecule has 0 bridgehead atoms. The molecule has 0 saturated carbocycles. The molecular weight excluding hydrogens is 412 g/mol. The largest absolute Gasteiger partial charge is 0.331 e. The minimum atomic E-state index is -3.67. The summed E-state index contributed by atoms with van der Waals surface area (Å²) in [5, 5.41) is 2.71. The third-order valence-corrected chi connectivity index (χ3v) is 8.26. The standard InChI is InChI=1S/C19H28N4O4S2/c1-12(2)16-17-14(23(19(16)25)29(3,26)27)6-9-22(17)18(24)13-11-28-15(20-13)10-21-7-4-5-8-21/h11-12,14,16-17H,4-10H2,1-3H3. The van der Waals surface area contributed by atoms with Gasteiger partial charge in [0, 0.05) is 11.9 Å². The molecule has 2 amide bonds. The first-order valence-electron chi connectivity index (χ1n) is 10.2. The van der Waals surface area contributed by atoms with E-state index in [9.17, 15) is 18.0 Å². The van der Waals surface area contributed by atoms with Crippen molar-refractivity contribution in [1.29, 1.82) is 0 Å². The monoisotopic (exact) mass is 440 g/mol. The lowest BCUT2D eigenvalue weighted by Gasteiger charge is -2.28. The normalized spacial score (nSPS) is 28.0. The number of nitrogens with zero attached hydrogens (tertiary/aromatic N) is 4. The molecule has 10 heteroatoms. The maximum Gasteiger partial charge on any atom is 0.273 e. The van der Waals surface area contributed by atoms with Crippen LogP contribution in [0.25, 0.3) is 0 Å². The van der Waals surface area contributed by atoms with Crippen LogP contribution in [-0.4, -0.2) is 77.3 Å². The SMILES string of the molecule is CC(C)C1C(=O)N(S(C)(=O)=O)C2CCN(C(=O)c3csc(CN4CCCC4)n3)C12. The van der Waals surface area contributed by atoms with Crippen molar-refractivity contribution in [1.82, 2.24) is 19.1 Å². The van der Waals surface area contributed by atoms with E-state index in [-0.39, 0.29) is 17.7 Å². The van der Waals surface area contributed by atoms with Gasteiger partial charge in [-0.15, -0.1) is 11.3 Å². The Kier molecular flexibility index (Phi) is 5.45. The first-order chi connectivity index (χ1) is 13.7. The Morgan fingerprint density at radius 1 is 1.28 bits per heavy atom. The van der Waals surface area contributed by atoms with E-state index in [2.05, 4.69) is 9.88 Å². The fourth-order valence-corrected chi connectivity index (χ4v) is 7.01. The zero-order chi connectivity index (χ0) is 20.9. The summed E-state index contributed by atoms with van der Waals surface area (Å²) in [6.07, 6.45) is 3.95. The number of carbonyl (C=O) groups excluding carboxylic acids is 2. The summed E-state index contributed by atoms with van der Waals surface area (Å²) in [6, 6.07) is -0.898. The molecule has 1 aromatic heterocycles. The molecular formula is C19H28N4O4S2. The molecule has 0 aromatic carbocycles. The van der Waals surface area contributed by atoms with Gasteiger partial charge >= 0.3 is 0 Å². The predicted molar refractivity (Wildman–Crippen MR) is 110 cm³/mol. The average molecular weight is 441 g/mol. The van der Waals surface area contributed by atoms with Gasteiger partial charge in [-0.25, -0.2) is 17.7 Å². The first kappa shape index (κ1) is 20.7. The van der Waals surface area contributed by atoms with E-state index in [0.29, 0.717) is 18.7 Å². The van der Waals surface area contributed by atoms with Crippen LogP contribution in [0.1, 0.15) is 48.6 Å². The number of aromatic nitrogens is 1. The zero-order valence-corrected chi connectivity index (χ0v) is 18.7. The lowest BCUT2D eigenvalue weighted by Crippen LogP contribution is -2.44. The van der Waals surface area contributed by atoms with Crippen LogP contribution in [0.15, 0.2) is 5.38 Å². The van der Waals surface area contributed by atoms with E-state index in [4.69, 9.17) is 0 Å². The van der Waals surface area contributed by atoms with Gasteiger partial charge in [-0.3, -0.25) is 14.5 Å². The van der Waals surface area contributed by atoms with Gasteiger partial charge in [-0.1, -0.05) is 13.8 Å². The number of carbonyl (C=O) groups is 2. The smallest absolute Gasteiger partial charge is 0.273 e. The number of fused-ring (bicyclic) bond motifs is 1. The van der Waals surface area contributed by atoms with Gasteiger partial charge in [0.2, 0.25) is 15.9 Å². The summed E-state index contributed by atoms with van der Waals surface area (Å²) in [5.74, 6) is -1.15. The molecule has 0 N–H and O–H groups in total. The van der Waals surface area contributed by atoms with Crippen LogP contribution in [-0.2, 0) is 21.4 Å². The fourth-order valence-electron chi connectivity index (χ4n) is 5.03. The molecule has 4 heterocycles. The van der Waals surface area contributed by atoms with Gasteiger partial charge in [0.05, 0.1) is 30.8 Å². The predicted octanol–water partition coefficient (Wildman–Crippen LogP) is 1.40. The zero-order valence-electron chi connectivity index (χ0n) is 17.1. The van der Waals surface area contributed by atoms with Crippen molar-refractivity contribution in [2.45, 2.75) is 51.7 Å². The van der Waals surface area contributed by atoms with Crippen LogP contribution in [0, 0.1) is 11.8 Å². The van der Waals surface area contributed by atoms with Crippen molar-refractivity contribution in [3.8, 4) is 0 Å². The van der Waals surface area contributed by atoms with Crippen LogP contribution in [0.5, 0.6) is 0 Å². The quantitative estimate of drug-likeness (QED) is 0.687. The molecule has 4 rings (SSSR count). The van der Waals surface area contributed by atoms with E-state index in [1.54, 1.807) is 10.3 Å². The first-order valence-corrected chi connectivity index (χ1v) is 12.9. The minimum absolute atomic E-state index is 0.0590. The molecule has 3 unspecified atom stereocenters. The number of hydrogen-bond acceptors (Lipinski definition) is 7. The lowest BCUT2D eigenvalue weighted by atomic mass is 9.88. The fraction of sp³-hybridized carbons (Fsp3) is 0.737. The summed E-state index contributed by atoms with van der Waals surface area (Å²) < 4.78 is 25.5. The third kappa shape index (κ3) is 3.70. The van der Waals surface area contributed by atoms with E-state index in [0.717, 1.165) is 35.2 Å². The molecule has 3 aliphatic rings. The molecule has 3 atom stereocenters. The van der Waals surface area contributed by atoms with E-state index >= 15 is 0 Å². The topological polar surface area (TPSA) is 90.9 Å². The number of hydrogen-bond donors (Lipinski definition) is 0. The highest BCUT2D eigenvalue weighted by Gasteiger charge is 2.58. The van der Waals surface area contributed by atoms with Gasteiger partial charge < -0.3 is 4.90 Å². The summed E-state index contributed by atoms with van der Waals surface area (Å²) >= 11 is 1.49. The lowest BCUT2D eigenvalue weighted by molar-refractivity contribution is -0.129. The molecule has 0 aliphatic carbocycles. The molecule has 8 nitrogen and oxygen atoms in total. The van der Waals surface area contributed by atoms with Crippen LogP contribution in [0.2, 0.25) is 0 Å². The molecule has 3 fully saturated rings. The Balaban J connectivity index is 1.57. The highest BCUT2D eigenvalue weighted by atomic mass is 32.2. The van der Waals surface area contributed by atoms with E-state index < -0.39 is 28.0 Å². The molecule has 0 radical (unpaired) electrons. The highest BCUT2D eigenvalue weighted by molar-refractivity contribution is 7.88. The summed E-state index contributed by atoms with van der Waals surface area (Å²) in [4.78, 5) is 34.7. The maximum atomic E-state index is 13.2. The molecule has 29 heavy (non-hydrogen) atoms. The van der Waals surface area contributed by atoms with Gasteiger partial charge in [-0.05, 0) is 38.3 Å². The van der Waals surface area contributed by atoms with Crippen molar-refractivity contribution in [2.24, 2.45) is 11.8 Å². The Labute approximate surface area is 175 Å². The third-order valence-electron chi connectivity index (χ3n) is 6.26. The summed E-state index contributed by atoms with van der Waals surface area (Å²) in [5.41, 5.74) is 0.401. The van der Waals surface area contributed by atoms with Crippen molar-refractivity contribution >= 4 is 33.2 Å². The second-order valence-corrected chi connectivity index (χ2v) is 11.4. The Morgan fingerprint density at radius 3 is 2.59 bits per heavy atom. The van der Waals surface area contributed by atoms with Crippen LogP contribution < -0.4 is 0 Å². The molecule has 1 aromatic rings. The van der Waals surface area contributed by atoms with Gasteiger partial charge in [-0.2, -0.15) is 0 Å². The number of rotatable bonds is 5. The Morgan fingerprint density at radius 2 is 1.97 bits per heavy atom. The molecule has 160 valence electrons. The van der Waals surface area contributed by atoms with Gasteiger partial charge in [0.15, 0.2) is 0 Å². The van der Waals surface area contributed by atoms with Crippen LogP contribution >= 0.6 is 11.3 Å². The number of amides is 2. The van der Waals surface area contributed by atoms with E-state index in [1.165, 1.54) is 24.2 Å². The van der Waals surface area contributed by atoms with Crippen LogP contribution in [0.3, 0.4) is 0 Å². The van der Waals surface area contributed by atoms with Crippen molar-refractivity contribution in [2.75, 3.05) is 25.9 Å². The minimum Gasteiger partial charge on any atom is -0.331 e. The Bertz CT molecular complexity index is 907. The van der Waals surface area contributed by atoms with Gasteiger partial charge in [0.1, 0.15) is 10.7 Å². The summed E-state index contributed by atoms with van der Waals surface area (Å²) in [6.45, 7) is 7.15. The highest BCUT2D eigenvalue weighted by Crippen LogP contribution is 2.41. The number of thiazole rings is 1. The Hall–Kier alpha value is -1.52. The number of sulfonamides is 1. The second-order valence-electron chi connectivity index (χ2n) is 8.62. The summed E-state index contributed by atoms with van der Waals surface area (Å²) in [7, 11) is -3.67.